The summed E-state index contributed by atoms with van der Waals surface area (Å²) in [4.78, 5) is 56.8. The van der Waals surface area contributed by atoms with E-state index in [1.54, 1.807) is 12.1 Å². The Morgan fingerprint density at radius 3 is 1.91 bits per heavy atom. The van der Waals surface area contributed by atoms with E-state index in [1.807, 2.05) is 12.1 Å². The van der Waals surface area contributed by atoms with Gasteiger partial charge in [0.25, 0.3) is 0 Å². The molecule has 0 radical (unpaired) electrons. The van der Waals surface area contributed by atoms with Crippen LogP contribution in [0, 0.1) is 24.7 Å². The third kappa shape index (κ3) is 11.4. The van der Waals surface area contributed by atoms with Gasteiger partial charge in [-0.1, -0.05) is 0 Å². The number of hydrogen-bond donors (Lipinski definition) is 7. The Labute approximate surface area is 199 Å². The number of carbonyl (C=O) groups is 5. The van der Waals surface area contributed by atoms with E-state index in [1.165, 1.54) is 24.7 Å². The molecule has 12 nitrogen and oxygen atoms in total. The number of benzene rings is 1. The minimum Gasteiger partial charge on any atom is -0.480 e. The van der Waals surface area contributed by atoms with Gasteiger partial charge in [-0.2, -0.15) is 0 Å². The number of aliphatic carboxylic acids is 3. The zero-order valence-electron chi connectivity index (χ0n) is 17.0. The zero-order valence-corrected chi connectivity index (χ0v) is 19.9. The fourth-order valence-corrected chi connectivity index (χ4v) is 3.01. The minimum atomic E-state index is -1.46. The van der Waals surface area contributed by atoms with Gasteiger partial charge in [-0.25, -0.2) is 14.4 Å². The number of anilines is 1. The molecule has 0 aromatic heterocycles. The van der Waals surface area contributed by atoms with E-state index in [0.29, 0.717) is 18.5 Å². The number of carboxylic acids is 3. The van der Waals surface area contributed by atoms with E-state index in [-0.39, 0.29) is 19.4 Å². The van der Waals surface area contributed by atoms with Gasteiger partial charge in [-0.3, -0.25) is 4.79 Å². The Morgan fingerprint density at radius 2 is 1.38 bits per heavy atom. The average Bonchev–Trinajstić information content (AvgIpc) is 2.71. The fraction of sp³-hybridized carbons (Fsp3) is 0.421. The molecule has 0 aliphatic rings. The molecule has 13 heteroatoms. The van der Waals surface area contributed by atoms with Gasteiger partial charge in [0.05, 0.1) is 0 Å². The first kappa shape index (κ1) is 27.1. The topological polar surface area (TPSA) is 194 Å². The van der Waals surface area contributed by atoms with E-state index in [0.717, 1.165) is 3.27 Å². The van der Waals surface area contributed by atoms with E-state index < -0.39 is 48.5 Å². The smallest absolute Gasteiger partial charge is 0.326 e. The van der Waals surface area contributed by atoms with E-state index >= 15 is 0 Å². The predicted molar refractivity (Wildman–Crippen MR) is 108 cm³/mol. The van der Waals surface area contributed by atoms with E-state index in [2.05, 4.69) is 21.3 Å². The van der Waals surface area contributed by atoms with Gasteiger partial charge >= 0.3 is 135 Å². The largest absolute Gasteiger partial charge is 0.480 e. The van der Waals surface area contributed by atoms with Crippen LogP contribution in [0.3, 0.4) is 0 Å². The Hall–Kier alpha value is -2.95. The molecule has 1 rings (SSSR count). The van der Waals surface area contributed by atoms with E-state index in [4.69, 9.17) is 10.2 Å². The molecule has 0 saturated heterocycles. The van der Waals surface area contributed by atoms with Crippen molar-refractivity contribution >= 4 is 38.9 Å². The van der Waals surface area contributed by atoms with Crippen molar-refractivity contribution in [2.45, 2.75) is 44.2 Å². The standard InChI is InChI=1S/C19H25AtN4O8/c20-11-4-6-12(7-5-11)22-18(31)21-10-2-1-3-13(16(27)28)23-19(32)24-14(17(29)30)8-9-15(25)26/h4-7,13-14H,1-3,8-10H2,(H,25,26)(H,27,28)(H,29,30)(H2,21,22,31)(H2,23,24,32)/t13-,14-/m0/s1. The van der Waals surface area contributed by atoms with Crippen LogP contribution in [0.15, 0.2) is 24.3 Å². The van der Waals surface area contributed by atoms with Crippen molar-refractivity contribution in [2.24, 2.45) is 0 Å². The number of carbonyl (C=O) groups excluding carboxylic acids is 2. The molecule has 0 bridgehead atoms. The normalized spacial score (nSPS) is 12.2. The Kier molecular flexibility index (Phi) is 12.0. The molecule has 0 unspecified atom stereocenters. The van der Waals surface area contributed by atoms with Crippen molar-refractivity contribution < 1.29 is 64.0 Å². The molecule has 176 valence electrons. The molecule has 4 amide bonds. The summed E-state index contributed by atoms with van der Waals surface area (Å²) in [6.45, 7) is 0.287. The molecule has 2 atom stereocenters. The van der Waals surface area contributed by atoms with Crippen LogP contribution < -0.4 is 24.5 Å². The van der Waals surface area contributed by atoms with Crippen molar-refractivity contribution in [3.05, 3.63) is 24.3 Å². The van der Waals surface area contributed by atoms with Gasteiger partial charge in [-0.15, -0.1) is 0 Å². The van der Waals surface area contributed by atoms with Gasteiger partial charge in [0.2, 0.25) is 0 Å². The Morgan fingerprint density at radius 1 is 0.812 bits per heavy atom. The molecule has 0 spiro atoms. The zero-order chi connectivity index (χ0) is 24.1. The first-order chi connectivity index (χ1) is 15.1. The molecular formula is C19H25AtN4O8. The number of hydrogen-bond acceptors (Lipinski definition) is 5. The summed E-state index contributed by atoms with van der Waals surface area (Å²) in [6, 6.07) is 3.17. The maximum Gasteiger partial charge on any atom is 0.326 e. The van der Waals surface area contributed by atoms with Crippen molar-refractivity contribution in [2.75, 3.05) is 11.9 Å². The molecule has 1 aromatic rings. The number of urea groups is 2. The molecule has 0 fully saturated rings. The number of rotatable bonds is 13. The second-order valence-corrected chi connectivity index (χ2v) is 8.41. The maximum atomic E-state index is 11.9. The molecule has 7 N–H and O–H groups in total. The molecule has 0 aliphatic heterocycles. The molecular weight excluding hydrogens is 622 g/mol. The van der Waals surface area contributed by atoms with Gasteiger partial charge in [0, 0.05) is 6.42 Å². The van der Waals surface area contributed by atoms with Crippen LogP contribution >= 0.6 is 0 Å². The molecule has 32 heavy (non-hydrogen) atoms. The predicted octanol–water partition coefficient (Wildman–Crippen LogP) is 0.223. The molecule has 0 heterocycles. The third-order valence-corrected chi connectivity index (χ3v) is 5.14. The summed E-state index contributed by atoms with van der Waals surface area (Å²) in [5.41, 5.74) is 0.645. The molecule has 0 aliphatic carbocycles. The van der Waals surface area contributed by atoms with Crippen molar-refractivity contribution in [3.63, 3.8) is 0 Å². The van der Waals surface area contributed by atoms with Gasteiger partial charge in [-0.05, 0) is 6.42 Å². The fourth-order valence-electron chi connectivity index (χ4n) is 2.52. The molecule has 0 saturated carbocycles. The van der Waals surface area contributed by atoms with Gasteiger partial charge in [0.15, 0.2) is 0 Å². The van der Waals surface area contributed by atoms with Crippen LogP contribution in [0.2, 0.25) is 0 Å². The van der Waals surface area contributed by atoms with Gasteiger partial charge < -0.3 is 26.0 Å². The van der Waals surface area contributed by atoms with Crippen molar-refractivity contribution in [1.29, 1.82) is 0 Å². The summed E-state index contributed by atoms with van der Waals surface area (Å²) < 4.78 is 1.12. The Bertz CT molecular complexity index is 818. The third-order valence-electron chi connectivity index (χ3n) is 4.16. The monoisotopic (exact) mass is 647 g/mol. The second kappa shape index (κ2) is 14.2. The van der Waals surface area contributed by atoms with Gasteiger partial charge in [0.1, 0.15) is 6.04 Å². The maximum absolute atomic E-state index is 11.9. The Balaban J connectivity index is 2.36. The quantitative estimate of drug-likeness (QED) is 0.148. The number of carboxylic acid groups (broad SMARTS) is 3. The van der Waals surface area contributed by atoms with Crippen molar-refractivity contribution in [3.8, 4) is 0 Å². The summed E-state index contributed by atoms with van der Waals surface area (Å²) in [5.74, 6) is -3.95. The first-order valence-electron chi connectivity index (χ1n) is 9.63. The van der Waals surface area contributed by atoms with Crippen LogP contribution in [0.4, 0.5) is 15.3 Å². The van der Waals surface area contributed by atoms with Crippen LogP contribution in [0.25, 0.3) is 0 Å². The summed E-state index contributed by atoms with van der Waals surface area (Å²) >= 11 is 1.52. The SMILES string of the molecule is O=C(O)CC[C@H](NC(=O)N[C@@H](CCCCNC(=O)Nc1ccc([At])cc1)C(=O)O)C(=O)O. The molecule has 1 aromatic carbocycles. The number of unbranched alkanes of at least 4 members (excludes halogenated alkanes) is 1. The number of amides is 4. The second-order valence-electron chi connectivity index (χ2n) is 6.72. The summed E-state index contributed by atoms with van der Waals surface area (Å²) in [5, 5.41) is 36.5. The average molecular weight is 647 g/mol. The summed E-state index contributed by atoms with van der Waals surface area (Å²) in [6.07, 6.45) is 0.0638. The van der Waals surface area contributed by atoms with Crippen LogP contribution in [-0.4, -0.2) is 63.9 Å². The van der Waals surface area contributed by atoms with E-state index in [9.17, 15) is 29.1 Å². The summed E-state index contributed by atoms with van der Waals surface area (Å²) in [7, 11) is 0. The van der Waals surface area contributed by atoms with Crippen LogP contribution in [0.1, 0.15) is 32.1 Å². The minimum absolute atomic E-state index is 0.0540. The number of nitrogens with one attached hydrogen (secondary N) is 4. The van der Waals surface area contributed by atoms with Crippen molar-refractivity contribution in [1.82, 2.24) is 16.0 Å². The van der Waals surface area contributed by atoms with Crippen LogP contribution in [-0.2, 0) is 14.4 Å². The first-order valence-corrected chi connectivity index (χ1v) is 11.1. The van der Waals surface area contributed by atoms with Crippen LogP contribution in [0.5, 0.6) is 0 Å².